The summed E-state index contributed by atoms with van der Waals surface area (Å²) in [6.07, 6.45) is 0. The average Bonchev–Trinajstić information content (AvgIpc) is 2.37. The fraction of sp³-hybridized carbons (Fsp3) is 0.333. The lowest BCUT2D eigenvalue weighted by molar-refractivity contribution is -0.384. The highest BCUT2D eigenvalue weighted by Gasteiger charge is 2.28. The zero-order valence-electron chi connectivity index (χ0n) is 10.9. The normalized spacial score (nSPS) is 9.84. The molecule has 0 aliphatic rings. The summed E-state index contributed by atoms with van der Waals surface area (Å²) in [4.78, 5) is 34.7. The maximum absolute atomic E-state index is 11.5. The van der Waals surface area contributed by atoms with E-state index in [0.717, 1.165) is 7.11 Å². The number of para-hydroxylation sites is 1. The quantitative estimate of drug-likeness (QED) is 0.470. The van der Waals surface area contributed by atoms with E-state index in [1.165, 1.54) is 30.0 Å². The van der Waals surface area contributed by atoms with Crippen molar-refractivity contribution in [2.45, 2.75) is 13.8 Å². The minimum Gasteiger partial charge on any atom is -0.465 e. The number of rotatable bonds is 4. The van der Waals surface area contributed by atoms with Crippen LogP contribution >= 0.6 is 0 Å². The Labute approximate surface area is 109 Å². The van der Waals surface area contributed by atoms with Gasteiger partial charge in [-0.25, -0.2) is 4.79 Å². The summed E-state index contributed by atoms with van der Waals surface area (Å²) in [5.41, 5.74) is -0.515. The fourth-order valence-electron chi connectivity index (χ4n) is 1.78. The van der Waals surface area contributed by atoms with Crippen molar-refractivity contribution in [2.24, 2.45) is 0 Å². The summed E-state index contributed by atoms with van der Waals surface area (Å²) in [6, 6.07) is 4.19. The van der Waals surface area contributed by atoms with Gasteiger partial charge in [-0.3, -0.25) is 14.9 Å². The van der Waals surface area contributed by atoms with E-state index in [9.17, 15) is 19.7 Å². The van der Waals surface area contributed by atoms with Gasteiger partial charge in [-0.05, 0) is 19.1 Å². The Balaban J connectivity index is 3.52. The number of anilines is 1. The Morgan fingerprint density at radius 2 is 2.05 bits per heavy atom. The number of carbonyl (C=O) groups is 2. The Morgan fingerprint density at radius 1 is 1.42 bits per heavy atom. The van der Waals surface area contributed by atoms with E-state index in [-0.39, 0.29) is 23.7 Å². The fourth-order valence-corrected chi connectivity index (χ4v) is 1.78. The highest BCUT2D eigenvalue weighted by Crippen LogP contribution is 2.32. The van der Waals surface area contributed by atoms with Gasteiger partial charge in [0, 0.05) is 13.5 Å². The molecule has 102 valence electrons. The summed E-state index contributed by atoms with van der Waals surface area (Å²) >= 11 is 0. The molecule has 7 nitrogen and oxygen atoms in total. The zero-order chi connectivity index (χ0) is 14.6. The van der Waals surface area contributed by atoms with Crippen molar-refractivity contribution < 1.29 is 19.2 Å². The van der Waals surface area contributed by atoms with E-state index in [1.807, 2.05) is 0 Å². The van der Waals surface area contributed by atoms with E-state index in [1.54, 1.807) is 6.92 Å². The lowest BCUT2D eigenvalue weighted by Gasteiger charge is -2.19. The largest absolute Gasteiger partial charge is 0.465 e. The summed E-state index contributed by atoms with van der Waals surface area (Å²) in [5.74, 6) is -1.15. The van der Waals surface area contributed by atoms with Crippen molar-refractivity contribution in [3.05, 3.63) is 33.9 Å². The lowest BCUT2D eigenvalue weighted by Crippen LogP contribution is -2.29. The molecule has 0 saturated carbocycles. The number of benzene rings is 1. The zero-order valence-corrected chi connectivity index (χ0v) is 10.9. The van der Waals surface area contributed by atoms with Crippen molar-refractivity contribution in [3.8, 4) is 0 Å². The summed E-state index contributed by atoms with van der Waals surface area (Å²) in [7, 11) is 1.14. The molecule has 0 saturated heterocycles. The van der Waals surface area contributed by atoms with E-state index >= 15 is 0 Å². The lowest BCUT2D eigenvalue weighted by atomic mass is 10.1. The number of methoxy groups -OCH3 is 1. The van der Waals surface area contributed by atoms with Gasteiger partial charge >= 0.3 is 11.7 Å². The van der Waals surface area contributed by atoms with Gasteiger partial charge in [0.1, 0.15) is 11.3 Å². The Morgan fingerprint density at radius 3 is 2.47 bits per heavy atom. The molecule has 0 unspecified atom stereocenters. The minimum absolute atomic E-state index is 0.0860. The molecule has 1 aromatic rings. The monoisotopic (exact) mass is 266 g/mol. The van der Waals surface area contributed by atoms with Crippen molar-refractivity contribution in [3.63, 3.8) is 0 Å². The third-order valence-corrected chi connectivity index (χ3v) is 2.59. The summed E-state index contributed by atoms with van der Waals surface area (Å²) in [6.45, 7) is 3.26. The standard InChI is InChI=1S/C12H14N2O5/c1-4-13(8(2)15)10-7-5-6-9(12(16)19-3)11(10)14(17)18/h5-7H,4H2,1-3H3. The molecule has 0 heterocycles. The van der Waals surface area contributed by atoms with Crippen molar-refractivity contribution in [1.82, 2.24) is 0 Å². The van der Waals surface area contributed by atoms with Crippen LogP contribution in [-0.4, -0.2) is 30.5 Å². The number of nitro groups is 1. The van der Waals surface area contributed by atoms with Gasteiger partial charge in [0.05, 0.1) is 12.0 Å². The number of nitrogens with zero attached hydrogens (tertiary/aromatic N) is 2. The molecule has 1 amide bonds. The molecule has 0 atom stereocenters. The van der Waals surface area contributed by atoms with E-state index in [0.29, 0.717) is 0 Å². The van der Waals surface area contributed by atoms with Crippen LogP contribution in [0.25, 0.3) is 0 Å². The topological polar surface area (TPSA) is 89.8 Å². The highest BCUT2D eigenvalue weighted by molar-refractivity contribution is 6.01. The van der Waals surface area contributed by atoms with Crippen molar-refractivity contribution in [1.29, 1.82) is 0 Å². The van der Waals surface area contributed by atoms with Gasteiger partial charge in [0.2, 0.25) is 5.91 Å². The van der Waals surface area contributed by atoms with Crippen LogP contribution in [0.3, 0.4) is 0 Å². The first-order chi connectivity index (χ1) is 8.93. The molecule has 0 bridgehead atoms. The molecule has 7 heteroatoms. The molecule has 0 aromatic heterocycles. The molecule has 0 spiro atoms. The van der Waals surface area contributed by atoms with Gasteiger partial charge in [0.25, 0.3) is 0 Å². The number of amides is 1. The molecular weight excluding hydrogens is 252 g/mol. The average molecular weight is 266 g/mol. The molecule has 0 aliphatic heterocycles. The van der Waals surface area contributed by atoms with Crippen molar-refractivity contribution >= 4 is 23.3 Å². The maximum Gasteiger partial charge on any atom is 0.344 e. The second-order valence-corrected chi connectivity index (χ2v) is 3.69. The molecular formula is C12H14N2O5. The Bertz CT molecular complexity index is 527. The van der Waals surface area contributed by atoms with Crippen molar-refractivity contribution in [2.75, 3.05) is 18.6 Å². The molecule has 1 aromatic carbocycles. The number of carbonyl (C=O) groups excluding carboxylic acids is 2. The molecule has 0 fully saturated rings. The number of ether oxygens (including phenoxy) is 1. The highest BCUT2D eigenvalue weighted by atomic mass is 16.6. The predicted molar refractivity (Wildman–Crippen MR) is 68.1 cm³/mol. The molecule has 0 N–H and O–H groups in total. The summed E-state index contributed by atoms with van der Waals surface area (Å²) in [5, 5.41) is 11.2. The van der Waals surface area contributed by atoms with Crippen LogP contribution in [0, 0.1) is 10.1 Å². The maximum atomic E-state index is 11.5. The first-order valence-corrected chi connectivity index (χ1v) is 5.57. The first kappa shape index (κ1) is 14.6. The first-order valence-electron chi connectivity index (χ1n) is 5.57. The number of nitro benzene ring substituents is 1. The predicted octanol–water partition coefficient (Wildman–Crippen LogP) is 1.75. The van der Waals surface area contributed by atoms with Crippen LogP contribution in [0.5, 0.6) is 0 Å². The van der Waals surface area contributed by atoms with E-state index < -0.39 is 16.6 Å². The van der Waals surface area contributed by atoms with Crippen LogP contribution < -0.4 is 4.90 Å². The summed E-state index contributed by atoms with van der Waals surface area (Å²) < 4.78 is 4.51. The second kappa shape index (κ2) is 5.94. The molecule has 0 aliphatic carbocycles. The van der Waals surface area contributed by atoms with Crippen LogP contribution in [0.15, 0.2) is 18.2 Å². The third-order valence-electron chi connectivity index (χ3n) is 2.59. The second-order valence-electron chi connectivity index (χ2n) is 3.69. The van der Waals surface area contributed by atoms with Crippen LogP contribution in [0.1, 0.15) is 24.2 Å². The number of hydrogen-bond acceptors (Lipinski definition) is 5. The van der Waals surface area contributed by atoms with Gasteiger partial charge in [0.15, 0.2) is 0 Å². The van der Waals surface area contributed by atoms with Gasteiger partial charge in [-0.1, -0.05) is 6.07 Å². The molecule has 19 heavy (non-hydrogen) atoms. The van der Waals surface area contributed by atoms with E-state index in [2.05, 4.69) is 4.74 Å². The minimum atomic E-state index is -0.812. The smallest absolute Gasteiger partial charge is 0.344 e. The molecule has 0 radical (unpaired) electrons. The van der Waals surface area contributed by atoms with Crippen LogP contribution in [-0.2, 0) is 9.53 Å². The van der Waals surface area contributed by atoms with Gasteiger partial charge in [-0.2, -0.15) is 0 Å². The number of esters is 1. The third kappa shape index (κ3) is 2.87. The van der Waals surface area contributed by atoms with Gasteiger partial charge in [-0.15, -0.1) is 0 Å². The number of hydrogen-bond donors (Lipinski definition) is 0. The Hall–Kier alpha value is -2.44. The SMILES string of the molecule is CCN(C(C)=O)c1cccc(C(=O)OC)c1[N+](=O)[O-]. The Kier molecular flexibility index (Phi) is 4.57. The van der Waals surface area contributed by atoms with Gasteiger partial charge < -0.3 is 9.64 Å². The van der Waals surface area contributed by atoms with Crippen LogP contribution in [0.2, 0.25) is 0 Å². The van der Waals surface area contributed by atoms with E-state index in [4.69, 9.17) is 0 Å². The molecule has 1 rings (SSSR count). The van der Waals surface area contributed by atoms with Crippen LogP contribution in [0.4, 0.5) is 11.4 Å².